The molecule has 2 rings (SSSR count). The summed E-state index contributed by atoms with van der Waals surface area (Å²) in [4.78, 5) is 6.68. The molecule has 1 saturated heterocycles. The zero-order valence-corrected chi connectivity index (χ0v) is 20.1. The number of hydrogen-bond donors (Lipinski definition) is 1. The van der Waals surface area contributed by atoms with Gasteiger partial charge >= 0.3 is 0 Å². The highest BCUT2D eigenvalue weighted by Gasteiger charge is 2.21. The number of hydrogen-bond acceptors (Lipinski definition) is 4. The van der Waals surface area contributed by atoms with Crippen LogP contribution >= 0.6 is 39.9 Å². The van der Waals surface area contributed by atoms with Crippen molar-refractivity contribution in [1.29, 1.82) is 0 Å². The van der Waals surface area contributed by atoms with Gasteiger partial charge in [-0.3, -0.25) is 4.99 Å². The Hall–Kier alpha value is -0.580. The van der Waals surface area contributed by atoms with Crippen LogP contribution in [-0.4, -0.2) is 70.6 Å². The van der Waals surface area contributed by atoms with Gasteiger partial charge in [-0.15, -0.1) is 24.0 Å². The second-order valence-electron chi connectivity index (χ2n) is 6.18. The van der Waals surface area contributed by atoms with Gasteiger partial charge in [0.25, 0.3) is 0 Å². The molecule has 1 aliphatic rings. The number of benzene rings is 1. The largest absolute Gasteiger partial charge is 0.492 e. The summed E-state index contributed by atoms with van der Waals surface area (Å²) in [5.41, 5.74) is 0. The van der Waals surface area contributed by atoms with Crippen molar-refractivity contribution in [3.05, 3.63) is 28.7 Å². The van der Waals surface area contributed by atoms with E-state index in [9.17, 15) is 0 Å². The highest BCUT2D eigenvalue weighted by atomic mass is 127. The van der Waals surface area contributed by atoms with E-state index in [1.807, 2.05) is 31.3 Å². The van der Waals surface area contributed by atoms with Crippen molar-refractivity contribution in [2.75, 3.05) is 53.6 Å². The number of halogens is 2. The van der Waals surface area contributed by atoms with E-state index in [1.165, 1.54) is 0 Å². The fourth-order valence-electron chi connectivity index (χ4n) is 2.88. The second-order valence-corrected chi connectivity index (χ2v) is 7.10. The first-order valence-electron chi connectivity index (χ1n) is 9.17. The lowest BCUT2D eigenvalue weighted by atomic mass is 10.1. The van der Waals surface area contributed by atoms with Gasteiger partial charge in [0.1, 0.15) is 12.4 Å². The fraction of sp³-hybridized carbons (Fsp3) is 0.632. The van der Waals surface area contributed by atoms with Gasteiger partial charge in [-0.1, -0.05) is 15.9 Å². The predicted molar refractivity (Wildman–Crippen MR) is 123 cm³/mol. The van der Waals surface area contributed by atoms with Gasteiger partial charge in [0.2, 0.25) is 0 Å². The summed E-state index contributed by atoms with van der Waals surface area (Å²) in [5.74, 6) is 1.80. The van der Waals surface area contributed by atoms with Gasteiger partial charge in [-0.05, 0) is 43.5 Å². The molecule has 0 spiro atoms. The molecule has 1 N–H and O–H groups in total. The summed E-state index contributed by atoms with van der Waals surface area (Å²) < 4.78 is 17.8. The van der Waals surface area contributed by atoms with E-state index in [4.69, 9.17) is 14.2 Å². The average molecular weight is 556 g/mol. The minimum atomic E-state index is 0. The lowest BCUT2D eigenvalue weighted by molar-refractivity contribution is 0.00989. The average Bonchev–Trinajstić information content (AvgIpc) is 2.67. The van der Waals surface area contributed by atoms with E-state index in [1.54, 1.807) is 7.11 Å². The molecule has 0 unspecified atom stereocenters. The Bertz CT molecular complexity index is 538. The Morgan fingerprint density at radius 3 is 2.52 bits per heavy atom. The molecule has 1 aromatic rings. The summed E-state index contributed by atoms with van der Waals surface area (Å²) in [5, 5.41) is 3.38. The van der Waals surface area contributed by atoms with Crippen molar-refractivity contribution in [1.82, 2.24) is 10.2 Å². The summed E-state index contributed by atoms with van der Waals surface area (Å²) in [6.45, 7) is 4.77. The van der Waals surface area contributed by atoms with Crippen LogP contribution in [0, 0.1) is 0 Å². The van der Waals surface area contributed by atoms with E-state index in [0.29, 0.717) is 12.7 Å². The van der Waals surface area contributed by atoms with Crippen LogP contribution in [0.3, 0.4) is 0 Å². The van der Waals surface area contributed by atoms with Gasteiger partial charge in [-0.25, -0.2) is 0 Å². The van der Waals surface area contributed by atoms with Gasteiger partial charge in [0.05, 0.1) is 12.6 Å². The van der Waals surface area contributed by atoms with Crippen LogP contribution in [0.4, 0.5) is 0 Å². The van der Waals surface area contributed by atoms with Crippen LogP contribution in [0.2, 0.25) is 0 Å². The van der Waals surface area contributed by atoms with Crippen molar-refractivity contribution < 1.29 is 14.2 Å². The van der Waals surface area contributed by atoms with Crippen molar-refractivity contribution in [2.45, 2.75) is 25.4 Å². The molecule has 27 heavy (non-hydrogen) atoms. The summed E-state index contributed by atoms with van der Waals surface area (Å²) in [7, 11) is 3.55. The molecule has 0 saturated carbocycles. The number of aliphatic imine (C=N–C) groups is 1. The van der Waals surface area contributed by atoms with Gasteiger partial charge in [-0.2, -0.15) is 0 Å². The first kappa shape index (κ1) is 24.5. The number of guanidine groups is 1. The highest BCUT2D eigenvalue weighted by molar-refractivity contribution is 14.0. The number of nitrogens with zero attached hydrogens (tertiary/aromatic N) is 2. The zero-order valence-electron chi connectivity index (χ0n) is 16.2. The van der Waals surface area contributed by atoms with E-state index in [-0.39, 0.29) is 24.0 Å². The number of methoxy groups -OCH3 is 1. The quantitative estimate of drug-likeness (QED) is 0.219. The predicted octanol–water partition coefficient (Wildman–Crippen LogP) is 3.54. The number of ether oxygens (including phenoxy) is 3. The molecule has 0 aliphatic carbocycles. The molecule has 0 radical (unpaired) electrons. The van der Waals surface area contributed by atoms with Gasteiger partial charge < -0.3 is 24.4 Å². The first-order chi connectivity index (χ1) is 12.7. The van der Waals surface area contributed by atoms with E-state index in [2.05, 4.69) is 31.1 Å². The van der Waals surface area contributed by atoms with Gasteiger partial charge in [0.15, 0.2) is 5.96 Å². The maximum absolute atomic E-state index is 5.91. The summed E-state index contributed by atoms with van der Waals surface area (Å²) in [6.07, 6.45) is 3.37. The molecule has 1 aliphatic heterocycles. The van der Waals surface area contributed by atoms with E-state index in [0.717, 1.165) is 68.3 Å². The number of piperidine rings is 1. The van der Waals surface area contributed by atoms with Crippen molar-refractivity contribution in [3.63, 3.8) is 0 Å². The Morgan fingerprint density at radius 1 is 1.19 bits per heavy atom. The molecule has 6 nitrogen and oxygen atoms in total. The Labute approximate surface area is 188 Å². The monoisotopic (exact) mass is 555 g/mol. The first-order valence-corrected chi connectivity index (χ1v) is 9.96. The van der Waals surface area contributed by atoms with Crippen molar-refractivity contribution in [2.24, 2.45) is 4.99 Å². The molecular weight excluding hydrogens is 525 g/mol. The highest BCUT2D eigenvalue weighted by Crippen LogP contribution is 2.16. The molecule has 1 heterocycles. The molecule has 0 aromatic heterocycles. The van der Waals surface area contributed by atoms with Crippen LogP contribution in [0.1, 0.15) is 19.3 Å². The smallest absolute Gasteiger partial charge is 0.193 e. The lowest BCUT2D eigenvalue weighted by Gasteiger charge is -2.34. The zero-order chi connectivity index (χ0) is 18.6. The number of nitrogens with one attached hydrogen (secondary N) is 1. The Kier molecular flexibility index (Phi) is 13.1. The molecule has 0 bridgehead atoms. The van der Waals surface area contributed by atoms with E-state index < -0.39 is 0 Å². The van der Waals surface area contributed by atoms with Crippen LogP contribution in [0.5, 0.6) is 5.75 Å². The molecule has 154 valence electrons. The third kappa shape index (κ3) is 9.45. The van der Waals surface area contributed by atoms with Crippen LogP contribution in [-0.2, 0) is 9.47 Å². The topological polar surface area (TPSA) is 55.3 Å². The third-order valence-corrected chi connectivity index (χ3v) is 4.80. The Balaban J connectivity index is 0.00000364. The molecule has 1 fully saturated rings. The maximum atomic E-state index is 5.91. The normalized spacial score (nSPS) is 15.4. The molecule has 8 heteroatoms. The second kappa shape index (κ2) is 14.4. The van der Waals surface area contributed by atoms with E-state index >= 15 is 0 Å². The Morgan fingerprint density at radius 2 is 1.89 bits per heavy atom. The van der Waals surface area contributed by atoms with Crippen LogP contribution < -0.4 is 10.1 Å². The number of rotatable bonds is 9. The molecule has 0 atom stereocenters. The van der Waals surface area contributed by atoms with Crippen molar-refractivity contribution in [3.8, 4) is 5.75 Å². The van der Waals surface area contributed by atoms with Crippen LogP contribution in [0.15, 0.2) is 33.7 Å². The maximum Gasteiger partial charge on any atom is 0.193 e. The van der Waals surface area contributed by atoms with Gasteiger partial charge in [0, 0.05) is 44.9 Å². The van der Waals surface area contributed by atoms with Crippen molar-refractivity contribution >= 4 is 45.9 Å². The number of likely N-dealkylation sites (tertiary alicyclic amines) is 1. The van der Waals surface area contributed by atoms with Crippen LogP contribution in [0.25, 0.3) is 0 Å². The molecular formula is C19H31BrIN3O3. The summed E-state index contributed by atoms with van der Waals surface area (Å²) in [6, 6.07) is 7.86. The summed E-state index contributed by atoms with van der Waals surface area (Å²) >= 11 is 3.42. The standard InChI is InChI=1S/C19H30BrN3O3.HI/c1-21-19(22-10-15-26-17-6-4-16(20)5-7-17)23-11-8-18(9-12-23)25-14-3-13-24-2;/h4-7,18H,3,8-15H2,1-2H3,(H,21,22);1H. The molecule has 0 amide bonds. The third-order valence-electron chi connectivity index (χ3n) is 4.27. The SMILES string of the molecule is CN=C(NCCOc1ccc(Br)cc1)N1CCC(OCCCOC)CC1.I. The lowest BCUT2D eigenvalue weighted by Crippen LogP contribution is -2.47. The molecule has 1 aromatic carbocycles. The minimum Gasteiger partial charge on any atom is -0.492 e. The minimum absolute atomic E-state index is 0. The fourth-order valence-corrected chi connectivity index (χ4v) is 3.15.